The highest BCUT2D eigenvalue weighted by atomic mass is 127. The van der Waals surface area contributed by atoms with Crippen molar-refractivity contribution in [3.05, 3.63) is 30.3 Å². The van der Waals surface area contributed by atoms with Crippen LogP contribution in [0.25, 0.3) is 0 Å². The Bertz CT molecular complexity index is 421. The third-order valence-electron chi connectivity index (χ3n) is 3.47. The molecule has 0 radical (unpaired) electrons. The zero-order chi connectivity index (χ0) is 14.8. The molecule has 1 aliphatic carbocycles. The van der Waals surface area contributed by atoms with E-state index >= 15 is 0 Å². The summed E-state index contributed by atoms with van der Waals surface area (Å²) >= 11 is 0. The first-order chi connectivity index (χ1) is 10.4. The molecule has 124 valence electrons. The van der Waals surface area contributed by atoms with Crippen LogP contribution >= 0.6 is 24.0 Å². The summed E-state index contributed by atoms with van der Waals surface area (Å²) in [5, 5.41) is 6.68. The van der Waals surface area contributed by atoms with E-state index < -0.39 is 0 Å². The molecule has 22 heavy (non-hydrogen) atoms. The predicted molar refractivity (Wildman–Crippen MR) is 103 cm³/mol. The van der Waals surface area contributed by atoms with Crippen LogP contribution in [0.15, 0.2) is 35.3 Å². The molecule has 0 spiro atoms. The molecule has 1 fully saturated rings. The Kier molecular flexibility index (Phi) is 10.0. The monoisotopic (exact) mass is 417 g/mol. The lowest BCUT2D eigenvalue weighted by molar-refractivity contribution is 0.313. The van der Waals surface area contributed by atoms with E-state index in [0.717, 1.165) is 43.7 Å². The van der Waals surface area contributed by atoms with Gasteiger partial charge in [-0.1, -0.05) is 31.0 Å². The van der Waals surface area contributed by atoms with Crippen molar-refractivity contribution >= 4 is 29.9 Å². The Hall–Kier alpha value is -0.980. The molecule has 0 aliphatic heterocycles. The number of nitrogens with one attached hydrogen (secondary N) is 2. The molecule has 1 aromatic rings. The van der Waals surface area contributed by atoms with Crippen LogP contribution in [0, 0.1) is 5.92 Å². The lowest BCUT2D eigenvalue weighted by Gasteiger charge is -2.11. The van der Waals surface area contributed by atoms with Crippen molar-refractivity contribution in [2.75, 3.05) is 26.2 Å². The number of hydrogen-bond donors (Lipinski definition) is 2. The maximum absolute atomic E-state index is 5.66. The average Bonchev–Trinajstić information content (AvgIpc) is 3.32. The molecule has 4 nitrogen and oxygen atoms in total. The molecule has 1 saturated carbocycles. The van der Waals surface area contributed by atoms with Crippen molar-refractivity contribution < 1.29 is 4.74 Å². The Balaban J connectivity index is 0.00000242. The zero-order valence-electron chi connectivity index (χ0n) is 13.4. The van der Waals surface area contributed by atoms with Crippen LogP contribution < -0.4 is 15.4 Å². The minimum atomic E-state index is 0. The lowest BCUT2D eigenvalue weighted by Crippen LogP contribution is -2.38. The second kappa shape index (κ2) is 11.6. The fraction of sp³-hybridized carbons (Fsp3) is 0.588. The van der Waals surface area contributed by atoms with Gasteiger partial charge in [0.05, 0.1) is 6.61 Å². The molecule has 1 aliphatic rings. The summed E-state index contributed by atoms with van der Waals surface area (Å²) in [5.41, 5.74) is 0. The van der Waals surface area contributed by atoms with E-state index in [2.05, 4.69) is 22.5 Å². The summed E-state index contributed by atoms with van der Waals surface area (Å²) in [4.78, 5) is 4.58. The second-order valence-corrected chi connectivity index (χ2v) is 5.43. The Labute approximate surface area is 151 Å². The van der Waals surface area contributed by atoms with E-state index in [1.165, 1.54) is 19.3 Å². The minimum Gasteiger partial charge on any atom is -0.494 e. The lowest BCUT2D eigenvalue weighted by atomic mass is 10.3. The normalized spacial score (nSPS) is 14.1. The first-order valence-electron chi connectivity index (χ1n) is 8.08. The van der Waals surface area contributed by atoms with Gasteiger partial charge in [-0.05, 0) is 31.4 Å². The molecule has 2 rings (SSSR count). The van der Waals surface area contributed by atoms with Crippen molar-refractivity contribution in [2.24, 2.45) is 10.9 Å². The van der Waals surface area contributed by atoms with E-state index in [1.54, 1.807) is 0 Å². The van der Waals surface area contributed by atoms with E-state index in [-0.39, 0.29) is 24.0 Å². The molecular formula is C17H28IN3O. The summed E-state index contributed by atoms with van der Waals surface area (Å²) in [6.45, 7) is 5.50. The Morgan fingerprint density at radius 3 is 2.68 bits per heavy atom. The van der Waals surface area contributed by atoms with Crippen LogP contribution in [0.2, 0.25) is 0 Å². The molecule has 1 aromatic carbocycles. The molecule has 0 heterocycles. The zero-order valence-corrected chi connectivity index (χ0v) is 15.7. The first kappa shape index (κ1) is 19.1. The van der Waals surface area contributed by atoms with Crippen molar-refractivity contribution in [2.45, 2.75) is 32.6 Å². The van der Waals surface area contributed by atoms with E-state index in [0.29, 0.717) is 6.61 Å². The van der Waals surface area contributed by atoms with Crippen molar-refractivity contribution in [3.8, 4) is 5.75 Å². The number of halogens is 1. The molecular weight excluding hydrogens is 389 g/mol. The molecule has 2 N–H and O–H groups in total. The maximum Gasteiger partial charge on any atom is 0.191 e. The van der Waals surface area contributed by atoms with Gasteiger partial charge in [0.2, 0.25) is 0 Å². The average molecular weight is 417 g/mol. The molecule has 0 unspecified atom stereocenters. The number of rotatable bonds is 9. The van der Waals surface area contributed by atoms with Gasteiger partial charge in [0.1, 0.15) is 5.75 Å². The van der Waals surface area contributed by atoms with Crippen LogP contribution in [0.3, 0.4) is 0 Å². The van der Waals surface area contributed by atoms with Crippen molar-refractivity contribution in [1.82, 2.24) is 10.6 Å². The molecule has 0 aromatic heterocycles. The predicted octanol–water partition coefficient (Wildman–Crippen LogP) is 3.43. The molecule has 0 saturated heterocycles. The van der Waals surface area contributed by atoms with Gasteiger partial charge < -0.3 is 15.4 Å². The molecule has 0 atom stereocenters. The van der Waals surface area contributed by atoms with E-state index in [1.807, 2.05) is 30.3 Å². The largest absolute Gasteiger partial charge is 0.494 e. The van der Waals surface area contributed by atoms with Crippen molar-refractivity contribution in [1.29, 1.82) is 0 Å². The van der Waals surface area contributed by atoms with Crippen LogP contribution in [0.4, 0.5) is 0 Å². The molecule has 5 heteroatoms. The van der Waals surface area contributed by atoms with Gasteiger partial charge in [-0.25, -0.2) is 0 Å². The topological polar surface area (TPSA) is 45.7 Å². The highest BCUT2D eigenvalue weighted by molar-refractivity contribution is 14.0. The van der Waals surface area contributed by atoms with Gasteiger partial charge >= 0.3 is 0 Å². The van der Waals surface area contributed by atoms with Crippen molar-refractivity contribution in [3.63, 3.8) is 0 Å². The fourth-order valence-corrected chi connectivity index (χ4v) is 2.11. The van der Waals surface area contributed by atoms with E-state index in [9.17, 15) is 0 Å². The highest BCUT2D eigenvalue weighted by Gasteiger charge is 2.20. The smallest absolute Gasteiger partial charge is 0.191 e. The number of benzene rings is 1. The summed E-state index contributed by atoms with van der Waals surface area (Å²) in [6, 6.07) is 9.92. The number of hydrogen-bond acceptors (Lipinski definition) is 2. The highest BCUT2D eigenvalue weighted by Crippen LogP contribution is 2.31. The summed E-state index contributed by atoms with van der Waals surface area (Å²) < 4.78 is 5.66. The Morgan fingerprint density at radius 1 is 1.23 bits per heavy atom. The standard InChI is InChI=1S/C17H27N3O.HI/c1-2-18-17(20-13-11-15-9-10-15)19-12-6-14-21-16-7-4-3-5-8-16;/h3-5,7-8,15H,2,6,9-14H2,1H3,(H2,18,19,20);1H. The first-order valence-corrected chi connectivity index (χ1v) is 8.08. The van der Waals surface area contributed by atoms with Crippen LogP contribution in [0.5, 0.6) is 5.75 Å². The molecule has 0 bridgehead atoms. The van der Waals surface area contributed by atoms with Crippen LogP contribution in [-0.4, -0.2) is 32.2 Å². The maximum atomic E-state index is 5.66. The Morgan fingerprint density at radius 2 is 2.00 bits per heavy atom. The quantitative estimate of drug-likeness (QED) is 0.280. The van der Waals surface area contributed by atoms with Crippen LogP contribution in [-0.2, 0) is 0 Å². The summed E-state index contributed by atoms with van der Waals surface area (Å²) in [5.74, 6) is 2.81. The van der Waals surface area contributed by atoms with Gasteiger partial charge in [-0.15, -0.1) is 24.0 Å². The summed E-state index contributed by atoms with van der Waals surface area (Å²) in [6.07, 6.45) is 5.01. The van der Waals surface area contributed by atoms with Gasteiger partial charge in [-0.3, -0.25) is 4.99 Å². The van der Waals surface area contributed by atoms with Gasteiger partial charge in [-0.2, -0.15) is 0 Å². The van der Waals surface area contributed by atoms with Gasteiger partial charge in [0.25, 0.3) is 0 Å². The fourth-order valence-electron chi connectivity index (χ4n) is 2.11. The third kappa shape index (κ3) is 8.46. The SMILES string of the molecule is CCNC(=NCCCOc1ccccc1)NCCC1CC1.I. The van der Waals surface area contributed by atoms with Crippen LogP contribution in [0.1, 0.15) is 32.6 Å². The summed E-state index contributed by atoms with van der Waals surface area (Å²) in [7, 11) is 0. The number of guanidine groups is 1. The third-order valence-corrected chi connectivity index (χ3v) is 3.47. The van der Waals surface area contributed by atoms with E-state index in [4.69, 9.17) is 4.74 Å². The number of ether oxygens (including phenoxy) is 1. The number of nitrogens with zero attached hydrogens (tertiary/aromatic N) is 1. The minimum absolute atomic E-state index is 0. The number of para-hydroxylation sites is 1. The van der Waals surface area contributed by atoms with Gasteiger partial charge in [0.15, 0.2) is 5.96 Å². The second-order valence-electron chi connectivity index (χ2n) is 5.43. The molecule has 0 amide bonds. The van der Waals surface area contributed by atoms with Gasteiger partial charge in [0, 0.05) is 26.1 Å². The number of aliphatic imine (C=N–C) groups is 1.